The van der Waals surface area contributed by atoms with E-state index in [1.165, 1.54) is 77.1 Å². The zero-order chi connectivity index (χ0) is 42.1. The Morgan fingerprint density at radius 3 is 1.83 bits per heavy atom. The van der Waals surface area contributed by atoms with Crippen molar-refractivity contribution in [2.24, 2.45) is 0 Å². The Morgan fingerprint density at radius 1 is 0.381 bits per heavy atom. The smallest absolute Gasteiger partial charge is 0.0562 e. The highest BCUT2D eigenvalue weighted by Crippen LogP contribution is 2.53. The molecule has 11 aromatic rings. The fraction of sp³-hybridized carbons (Fsp3) is 0.0492. The predicted octanol–water partition coefficient (Wildman–Crippen LogP) is 16.7. The Balaban J connectivity index is 1.16. The van der Waals surface area contributed by atoms with E-state index in [4.69, 9.17) is 0 Å². The van der Waals surface area contributed by atoms with E-state index in [2.05, 4.69) is 254 Å². The minimum Gasteiger partial charge on any atom is -0.309 e. The summed E-state index contributed by atoms with van der Waals surface area (Å²) in [6, 6.07) is 84.8. The molecule has 1 heterocycles. The van der Waals surface area contributed by atoms with Crippen molar-refractivity contribution in [2.45, 2.75) is 19.3 Å². The summed E-state index contributed by atoms with van der Waals surface area (Å²) >= 11 is 0. The van der Waals surface area contributed by atoms with Gasteiger partial charge in [-0.05, 0) is 115 Å². The molecule has 0 spiro atoms. The van der Waals surface area contributed by atoms with Gasteiger partial charge in [0.25, 0.3) is 0 Å². The molecule has 298 valence electrons. The van der Waals surface area contributed by atoms with Crippen LogP contribution >= 0.6 is 0 Å². The maximum absolute atomic E-state index is 2.52. The molecule has 0 N–H and O–H groups in total. The van der Waals surface area contributed by atoms with Crippen LogP contribution in [0.1, 0.15) is 25.0 Å². The zero-order valence-electron chi connectivity index (χ0n) is 35.3. The average molecular weight is 805 g/mol. The first kappa shape index (κ1) is 36.9. The molecule has 0 unspecified atom stereocenters. The van der Waals surface area contributed by atoms with Crippen molar-refractivity contribution in [3.8, 4) is 50.2 Å². The number of rotatable bonds is 7. The normalized spacial score (nSPS) is 12.7. The van der Waals surface area contributed by atoms with Gasteiger partial charge in [0.1, 0.15) is 0 Å². The third-order valence-electron chi connectivity index (χ3n) is 13.4. The van der Waals surface area contributed by atoms with Crippen molar-refractivity contribution in [1.82, 2.24) is 4.57 Å². The summed E-state index contributed by atoms with van der Waals surface area (Å²) < 4.78 is 2.41. The van der Waals surface area contributed by atoms with Gasteiger partial charge in [-0.2, -0.15) is 0 Å². The first-order chi connectivity index (χ1) is 31.0. The van der Waals surface area contributed by atoms with Crippen LogP contribution in [0.15, 0.2) is 231 Å². The highest BCUT2D eigenvalue weighted by Gasteiger charge is 2.35. The lowest BCUT2D eigenvalue weighted by Gasteiger charge is -2.30. The number of hydrogen-bond acceptors (Lipinski definition) is 1. The van der Waals surface area contributed by atoms with Crippen molar-refractivity contribution in [1.29, 1.82) is 0 Å². The number of para-hydroxylation sites is 2. The van der Waals surface area contributed by atoms with Crippen molar-refractivity contribution in [3.05, 3.63) is 242 Å². The number of fused-ring (bicyclic) bond motifs is 7. The van der Waals surface area contributed by atoms with Gasteiger partial charge in [-0.15, -0.1) is 0 Å². The number of anilines is 3. The summed E-state index contributed by atoms with van der Waals surface area (Å²) in [5, 5.41) is 4.83. The van der Waals surface area contributed by atoms with Gasteiger partial charge >= 0.3 is 0 Å². The van der Waals surface area contributed by atoms with Crippen LogP contribution in [0, 0.1) is 0 Å². The summed E-state index contributed by atoms with van der Waals surface area (Å²) in [7, 11) is 0. The summed E-state index contributed by atoms with van der Waals surface area (Å²) in [5.41, 5.74) is 19.2. The van der Waals surface area contributed by atoms with Crippen LogP contribution in [0.4, 0.5) is 17.1 Å². The first-order valence-electron chi connectivity index (χ1n) is 21.9. The Kier molecular flexibility index (Phi) is 8.55. The Bertz CT molecular complexity index is 3520. The first-order valence-corrected chi connectivity index (χ1v) is 21.9. The van der Waals surface area contributed by atoms with E-state index in [1.807, 2.05) is 0 Å². The van der Waals surface area contributed by atoms with Crippen molar-refractivity contribution < 1.29 is 0 Å². The molecule has 0 saturated heterocycles. The van der Waals surface area contributed by atoms with Gasteiger partial charge in [-0.1, -0.05) is 190 Å². The fourth-order valence-corrected chi connectivity index (χ4v) is 10.4. The standard InChI is InChI=1S/C61H44N2/c1-61(2)53-26-13-11-23-50(53)51-38-36-46(40-54(51)61)49-25-15-28-56(59(49)44-33-31-43(32-34-44)41-17-5-3-6-18-41)63(48-37-35-42-19-9-10-20-45(42)39-48)58-30-16-29-57-60(58)52-24-12-14-27-55(52)62(57)47-21-7-4-8-22-47/h3-40H,1-2H3. The highest BCUT2D eigenvalue weighted by molar-refractivity contribution is 6.17. The Labute approximate surface area is 368 Å². The maximum atomic E-state index is 2.52. The predicted molar refractivity (Wildman–Crippen MR) is 267 cm³/mol. The van der Waals surface area contributed by atoms with E-state index in [-0.39, 0.29) is 5.41 Å². The third kappa shape index (κ3) is 5.94. The van der Waals surface area contributed by atoms with Gasteiger partial charge in [0, 0.05) is 33.1 Å². The molecular formula is C61H44N2. The molecule has 0 atom stereocenters. The van der Waals surface area contributed by atoms with Gasteiger partial charge in [0.2, 0.25) is 0 Å². The highest BCUT2D eigenvalue weighted by atomic mass is 15.2. The lowest BCUT2D eigenvalue weighted by atomic mass is 9.81. The Hall–Kier alpha value is -7.94. The van der Waals surface area contributed by atoms with Gasteiger partial charge in [-0.3, -0.25) is 0 Å². The van der Waals surface area contributed by atoms with Gasteiger partial charge in [0.05, 0.1) is 22.4 Å². The van der Waals surface area contributed by atoms with Crippen molar-refractivity contribution >= 4 is 49.6 Å². The SMILES string of the molecule is CC1(C)c2ccccc2-c2ccc(-c3cccc(N(c4ccc5ccccc5c4)c4cccc5c4c4ccccc4n5-c4ccccc4)c3-c3ccc(-c4ccccc4)cc3)cc21. The second-order valence-corrected chi connectivity index (χ2v) is 17.3. The van der Waals surface area contributed by atoms with Gasteiger partial charge in [-0.25, -0.2) is 0 Å². The third-order valence-corrected chi connectivity index (χ3v) is 13.4. The molecule has 1 aromatic heterocycles. The minimum atomic E-state index is -0.128. The number of aromatic nitrogens is 1. The van der Waals surface area contributed by atoms with E-state index < -0.39 is 0 Å². The number of nitrogens with zero attached hydrogens (tertiary/aromatic N) is 2. The number of benzene rings is 10. The summed E-state index contributed by atoms with van der Waals surface area (Å²) in [6.45, 7) is 4.74. The fourth-order valence-electron chi connectivity index (χ4n) is 10.4. The van der Waals surface area contributed by atoms with Crippen LogP contribution in [0.3, 0.4) is 0 Å². The van der Waals surface area contributed by atoms with Crippen molar-refractivity contribution in [2.75, 3.05) is 4.90 Å². The van der Waals surface area contributed by atoms with Crippen LogP contribution in [0.25, 0.3) is 82.8 Å². The summed E-state index contributed by atoms with van der Waals surface area (Å²) in [6.07, 6.45) is 0. The molecule has 0 bridgehead atoms. The number of hydrogen-bond donors (Lipinski definition) is 0. The van der Waals surface area contributed by atoms with Crippen LogP contribution in [0.5, 0.6) is 0 Å². The molecule has 2 heteroatoms. The molecule has 0 radical (unpaired) electrons. The summed E-state index contributed by atoms with van der Waals surface area (Å²) in [4.78, 5) is 2.52. The molecule has 0 saturated carbocycles. The minimum absolute atomic E-state index is 0.128. The van der Waals surface area contributed by atoms with E-state index in [0.29, 0.717) is 0 Å². The average Bonchev–Trinajstić information content (AvgIpc) is 3.80. The van der Waals surface area contributed by atoms with Crippen LogP contribution in [0.2, 0.25) is 0 Å². The van der Waals surface area contributed by atoms with E-state index in [0.717, 1.165) is 33.8 Å². The lowest BCUT2D eigenvalue weighted by Crippen LogP contribution is -2.15. The zero-order valence-corrected chi connectivity index (χ0v) is 35.3. The molecule has 0 amide bonds. The molecular weight excluding hydrogens is 761 g/mol. The topological polar surface area (TPSA) is 8.17 Å². The Morgan fingerprint density at radius 2 is 0.984 bits per heavy atom. The van der Waals surface area contributed by atoms with E-state index in [1.54, 1.807) is 0 Å². The largest absolute Gasteiger partial charge is 0.309 e. The van der Waals surface area contributed by atoms with Gasteiger partial charge in [0.15, 0.2) is 0 Å². The van der Waals surface area contributed by atoms with E-state index >= 15 is 0 Å². The molecule has 10 aromatic carbocycles. The van der Waals surface area contributed by atoms with Crippen LogP contribution in [-0.4, -0.2) is 4.57 Å². The second kappa shape index (κ2) is 14.6. The maximum Gasteiger partial charge on any atom is 0.0562 e. The van der Waals surface area contributed by atoms with Gasteiger partial charge < -0.3 is 9.47 Å². The van der Waals surface area contributed by atoms with Crippen LogP contribution in [-0.2, 0) is 5.41 Å². The molecule has 0 aliphatic heterocycles. The summed E-state index contributed by atoms with van der Waals surface area (Å²) in [5.74, 6) is 0. The van der Waals surface area contributed by atoms with E-state index in [9.17, 15) is 0 Å². The molecule has 12 rings (SSSR count). The van der Waals surface area contributed by atoms with Crippen LogP contribution < -0.4 is 4.90 Å². The lowest BCUT2D eigenvalue weighted by molar-refractivity contribution is 0.660. The molecule has 0 fully saturated rings. The quantitative estimate of drug-likeness (QED) is 0.156. The monoisotopic (exact) mass is 804 g/mol. The van der Waals surface area contributed by atoms with Crippen molar-refractivity contribution in [3.63, 3.8) is 0 Å². The molecule has 1 aliphatic carbocycles. The molecule has 2 nitrogen and oxygen atoms in total. The molecule has 63 heavy (non-hydrogen) atoms. The second-order valence-electron chi connectivity index (χ2n) is 17.3. The molecule has 1 aliphatic rings.